The Kier molecular flexibility index (Phi) is 10.5. The molecule has 0 spiro atoms. The first-order valence-corrected chi connectivity index (χ1v) is 9.30. The van der Waals surface area contributed by atoms with Gasteiger partial charge in [0.25, 0.3) is 0 Å². The van der Waals surface area contributed by atoms with E-state index in [-0.39, 0.29) is 12.4 Å². The largest absolute Gasteiger partial charge is 0.490 e. The molecule has 0 atom stereocenters. The molecule has 5 heteroatoms. The lowest BCUT2D eigenvalue weighted by atomic mass is 10.1. The zero-order valence-electron chi connectivity index (χ0n) is 15.8. The van der Waals surface area contributed by atoms with E-state index in [4.69, 9.17) is 21.1 Å². The van der Waals surface area contributed by atoms with Crippen LogP contribution in [0.15, 0.2) is 42.5 Å². The zero-order chi connectivity index (χ0) is 18.1. The van der Waals surface area contributed by atoms with Gasteiger partial charge in [-0.1, -0.05) is 49.7 Å². The second-order valence-corrected chi connectivity index (χ2v) is 6.86. The average Bonchev–Trinajstić information content (AvgIpc) is 2.59. The van der Waals surface area contributed by atoms with E-state index >= 15 is 0 Å². The Morgan fingerprint density at radius 1 is 1.04 bits per heavy atom. The zero-order valence-corrected chi connectivity index (χ0v) is 17.3. The summed E-state index contributed by atoms with van der Waals surface area (Å²) in [5.41, 5.74) is 2.16. The summed E-state index contributed by atoms with van der Waals surface area (Å²) in [5.74, 6) is 2.23. The molecule has 26 heavy (non-hydrogen) atoms. The fourth-order valence-electron chi connectivity index (χ4n) is 2.44. The Morgan fingerprint density at radius 3 is 2.50 bits per heavy atom. The Labute approximate surface area is 168 Å². The van der Waals surface area contributed by atoms with Gasteiger partial charge < -0.3 is 14.8 Å². The van der Waals surface area contributed by atoms with Crippen LogP contribution < -0.4 is 14.8 Å². The van der Waals surface area contributed by atoms with Crippen LogP contribution in [0, 0.1) is 5.92 Å². The maximum atomic E-state index is 6.19. The molecule has 0 aliphatic heterocycles. The molecule has 0 amide bonds. The van der Waals surface area contributed by atoms with Crippen molar-refractivity contribution in [2.45, 2.75) is 40.3 Å². The molecule has 0 unspecified atom stereocenters. The number of hydrogen-bond donors (Lipinski definition) is 1. The van der Waals surface area contributed by atoms with Crippen LogP contribution in [0.3, 0.4) is 0 Å². The molecule has 2 aromatic carbocycles. The molecule has 0 radical (unpaired) electrons. The normalized spacial score (nSPS) is 10.5. The van der Waals surface area contributed by atoms with Gasteiger partial charge in [-0.25, -0.2) is 0 Å². The highest BCUT2D eigenvalue weighted by Crippen LogP contribution is 2.30. The van der Waals surface area contributed by atoms with Gasteiger partial charge in [-0.05, 0) is 49.6 Å². The SMILES string of the molecule is CCOc1cc(CNCCC(C)C)ccc1OCc1ccccc1Cl.Cl. The van der Waals surface area contributed by atoms with Crippen molar-refractivity contribution in [2.24, 2.45) is 5.92 Å². The summed E-state index contributed by atoms with van der Waals surface area (Å²) in [4.78, 5) is 0. The van der Waals surface area contributed by atoms with E-state index in [9.17, 15) is 0 Å². The predicted molar refractivity (Wildman–Crippen MR) is 112 cm³/mol. The van der Waals surface area contributed by atoms with Crippen molar-refractivity contribution in [3.63, 3.8) is 0 Å². The summed E-state index contributed by atoms with van der Waals surface area (Å²) in [6.07, 6.45) is 1.18. The summed E-state index contributed by atoms with van der Waals surface area (Å²) in [5, 5.41) is 4.19. The Bertz CT molecular complexity index is 662. The number of rotatable bonds is 10. The number of hydrogen-bond acceptors (Lipinski definition) is 3. The third kappa shape index (κ3) is 7.45. The molecule has 0 bridgehead atoms. The van der Waals surface area contributed by atoms with Crippen molar-refractivity contribution >= 4 is 24.0 Å². The Hall–Kier alpha value is -1.42. The van der Waals surface area contributed by atoms with Crippen LogP contribution in [0.5, 0.6) is 11.5 Å². The smallest absolute Gasteiger partial charge is 0.161 e. The average molecular weight is 398 g/mol. The van der Waals surface area contributed by atoms with Crippen LogP contribution in [-0.4, -0.2) is 13.2 Å². The third-order valence-corrected chi connectivity index (χ3v) is 4.25. The van der Waals surface area contributed by atoms with Crippen molar-refractivity contribution in [3.05, 3.63) is 58.6 Å². The lowest BCUT2D eigenvalue weighted by Gasteiger charge is -2.14. The quantitative estimate of drug-likeness (QED) is 0.508. The molecular formula is C21H29Cl2NO2. The highest BCUT2D eigenvalue weighted by molar-refractivity contribution is 6.31. The number of halogens is 2. The standard InChI is InChI=1S/C21H28ClNO2.ClH/c1-4-24-21-13-17(14-23-12-11-16(2)3)9-10-20(21)25-15-18-7-5-6-8-19(18)22;/h5-10,13,16,23H,4,11-12,14-15H2,1-3H3;1H. The van der Waals surface area contributed by atoms with E-state index in [1.54, 1.807) is 0 Å². The van der Waals surface area contributed by atoms with Crippen molar-refractivity contribution < 1.29 is 9.47 Å². The van der Waals surface area contributed by atoms with E-state index in [2.05, 4.69) is 25.2 Å². The van der Waals surface area contributed by atoms with Crippen LogP contribution >= 0.6 is 24.0 Å². The van der Waals surface area contributed by atoms with Crippen LogP contribution in [-0.2, 0) is 13.2 Å². The number of benzene rings is 2. The van der Waals surface area contributed by atoms with Crippen LogP contribution in [0.25, 0.3) is 0 Å². The minimum Gasteiger partial charge on any atom is -0.490 e. The van der Waals surface area contributed by atoms with Crippen LogP contribution in [0.1, 0.15) is 38.3 Å². The van der Waals surface area contributed by atoms with Crippen LogP contribution in [0.2, 0.25) is 5.02 Å². The molecule has 2 aromatic rings. The van der Waals surface area contributed by atoms with E-state index < -0.39 is 0 Å². The lowest BCUT2D eigenvalue weighted by Crippen LogP contribution is -2.16. The highest BCUT2D eigenvalue weighted by Gasteiger charge is 2.08. The minimum absolute atomic E-state index is 0. The van der Waals surface area contributed by atoms with E-state index in [0.29, 0.717) is 24.2 Å². The molecular weight excluding hydrogens is 369 g/mol. The molecule has 0 aliphatic rings. The number of ether oxygens (including phenoxy) is 2. The second kappa shape index (κ2) is 12.1. The molecule has 3 nitrogen and oxygen atoms in total. The first-order valence-electron chi connectivity index (χ1n) is 8.92. The van der Waals surface area contributed by atoms with E-state index in [0.717, 1.165) is 30.2 Å². The minimum atomic E-state index is 0. The molecule has 0 saturated carbocycles. The van der Waals surface area contributed by atoms with Crippen molar-refractivity contribution in [3.8, 4) is 11.5 Å². The van der Waals surface area contributed by atoms with Crippen molar-refractivity contribution in [1.82, 2.24) is 5.32 Å². The Balaban J connectivity index is 0.00000338. The molecule has 144 valence electrons. The van der Waals surface area contributed by atoms with E-state index in [1.165, 1.54) is 12.0 Å². The van der Waals surface area contributed by atoms with Gasteiger partial charge in [-0.15, -0.1) is 12.4 Å². The second-order valence-electron chi connectivity index (χ2n) is 6.45. The van der Waals surface area contributed by atoms with Gasteiger partial charge >= 0.3 is 0 Å². The maximum absolute atomic E-state index is 6.19. The monoisotopic (exact) mass is 397 g/mol. The molecule has 0 heterocycles. The Morgan fingerprint density at radius 2 is 1.81 bits per heavy atom. The predicted octanol–water partition coefficient (Wildman–Crippen LogP) is 5.88. The third-order valence-electron chi connectivity index (χ3n) is 3.88. The fraction of sp³-hybridized carbons (Fsp3) is 0.429. The summed E-state index contributed by atoms with van der Waals surface area (Å²) >= 11 is 6.19. The first kappa shape index (κ1) is 22.6. The first-order chi connectivity index (χ1) is 12.1. The van der Waals surface area contributed by atoms with Gasteiger partial charge in [0.1, 0.15) is 6.61 Å². The van der Waals surface area contributed by atoms with Crippen LogP contribution in [0.4, 0.5) is 0 Å². The van der Waals surface area contributed by atoms with Gasteiger partial charge in [0, 0.05) is 17.1 Å². The van der Waals surface area contributed by atoms with Crippen molar-refractivity contribution in [1.29, 1.82) is 0 Å². The molecule has 2 rings (SSSR count). The van der Waals surface area contributed by atoms with Gasteiger partial charge in [-0.3, -0.25) is 0 Å². The molecule has 0 aromatic heterocycles. The summed E-state index contributed by atoms with van der Waals surface area (Å²) in [7, 11) is 0. The van der Waals surface area contributed by atoms with Gasteiger partial charge in [0.2, 0.25) is 0 Å². The number of nitrogens with one attached hydrogen (secondary N) is 1. The lowest BCUT2D eigenvalue weighted by molar-refractivity contribution is 0.269. The molecule has 0 fully saturated rings. The highest BCUT2D eigenvalue weighted by atomic mass is 35.5. The molecule has 0 saturated heterocycles. The molecule has 0 aliphatic carbocycles. The summed E-state index contributed by atoms with van der Waals surface area (Å²) in [6.45, 7) is 9.33. The van der Waals surface area contributed by atoms with Gasteiger partial charge in [0.15, 0.2) is 11.5 Å². The summed E-state index contributed by atoms with van der Waals surface area (Å²) in [6, 6.07) is 13.8. The fourth-order valence-corrected chi connectivity index (χ4v) is 2.63. The summed E-state index contributed by atoms with van der Waals surface area (Å²) < 4.78 is 11.7. The maximum Gasteiger partial charge on any atom is 0.161 e. The van der Waals surface area contributed by atoms with E-state index in [1.807, 2.05) is 43.3 Å². The van der Waals surface area contributed by atoms with Gasteiger partial charge in [-0.2, -0.15) is 0 Å². The van der Waals surface area contributed by atoms with Gasteiger partial charge in [0.05, 0.1) is 6.61 Å². The topological polar surface area (TPSA) is 30.5 Å². The van der Waals surface area contributed by atoms with Crippen molar-refractivity contribution in [2.75, 3.05) is 13.2 Å². The molecule has 1 N–H and O–H groups in total.